The molecule has 19 heavy (non-hydrogen) atoms. The van der Waals surface area contributed by atoms with Crippen molar-refractivity contribution in [2.75, 3.05) is 6.79 Å². The largest absolute Gasteiger partial charge is 0.463 e. The molecular weight excluding hydrogens is 248 g/mol. The number of nitrogens with zero attached hydrogens (tertiary/aromatic N) is 1. The zero-order valence-electron chi connectivity index (χ0n) is 9.83. The molecule has 1 aromatic carbocycles. The number of rotatable bonds is 3. The number of nitrogens with one attached hydrogen (secondary N) is 1. The molecule has 1 aromatic heterocycles. The summed E-state index contributed by atoms with van der Waals surface area (Å²) in [5.41, 5.74) is 2.85. The van der Waals surface area contributed by atoms with Crippen molar-refractivity contribution in [2.24, 2.45) is 5.10 Å². The van der Waals surface area contributed by atoms with Gasteiger partial charge in [-0.05, 0) is 30.3 Å². The SMILES string of the molecule is O=C(N/N=C/c1ccco1)c1ccc2c(c1)OCO2. The number of ether oxygens (including phenoxy) is 2. The van der Waals surface area contributed by atoms with Crippen molar-refractivity contribution in [3.05, 3.63) is 47.9 Å². The number of hydrazone groups is 1. The molecule has 2 heterocycles. The first-order valence-electron chi connectivity index (χ1n) is 5.59. The molecule has 1 amide bonds. The lowest BCUT2D eigenvalue weighted by molar-refractivity contribution is 0.0954. The highest BCUT2D eigenvalue weighted by Crippen LogP contribution is 2.32. The van der Waals surface area contributed by atoms with E-state index in [1.807, 2.05) is 0 Å². The molecule has 0 spiro atoms. The van der Waals surface area contributed by atoms with Crippen LogP contribution in [0.25, 0.3) is 0 Å². The number of carbonyl (C=O) groups is 1. The van der Waals surface area contributed by atoms with E-state index in [2.05, 4.69) is 10.5 Å². The minimum Gasteiger partial charge on any atom is -0.463 e. The molecule has 0 unspecified atom stereocenters. The fraction of sp³-hybridized carbons (Fsp3) is 0.0769. The van der Waals surface area contributed by atoms with E-state index in [1.54, 1.807) is 30.3 Å². The van der Waals surface area contributed by atoms with E-state index in [-0.39, 0.29) is 12.7 Å². The maximum absolute atomic E-state index is 11.8. The molecule has 0 atom stereocenters. The van der Waals surface area contributed by atoms with Gasteiger partial charge in [0.25, 0.3) is 5.91 Å². The maximum atomic E-state index is 11.8. The third-order valence-electron chi connectivity index (χ3n) is 2.54. The first-order chi connectivity index (χ1) is 9.33. The lowest BCUT2D eigenvalue weighted by Gasteiger charge is -2.01. The summed E-state index contributed by atoms with van der Waals surface area (Å²) in [6.07, 6.45) is 2.95. The molecule has 1 aliphatic heterocycles. The van der Waals surface area contributed by atoms with Gasteiger partial charge in [-0.1, -0.05) is 0 Å². The number of amides is 1. The van der Waals surface area contributed by atoms with Crippen LogP contribution < -0.4 is 14.9 Å². The van der Waals surface area contributed by atoms with Crippen LogP contribution in [0, 0.1) is 0 Å². The highest BCUT2D eigenvalue weighted by atomic mass is 16.7. The molecule has 1 N–H and O–H groups in total. The Morgan fingerprint density at radius 1 is 1.26 bits per heavy atom. The quantitative estimate of drug-likeness (QED) is 0.672. The third-order valence-corrected chi connectivity index (χ3v) is 2.54. The normalized spacial score (nSPS) is 12.8. The number of hydrogen-bond acceptors (Lipinski definition) is 5. The van der Waals surface area contributed by atoms with Gasteiger partial charge in [-0.15, -0.1) is 0 Å². The molecule has 0 bridgehead atoms. The van der Waals surface area contributed by atoms with E-state index < -0.39 is 0 Å². The Morgan fingerprint density at radius 3 is 3.00 bits per heavy atom. The van der Waals surface area contributed by atoms with E-state index in [0.717, 1.165) is 0 Å². The summed E-state index contributed by atoms with van der Waals surface area (Å²) in [5.74, 6) is 1.42. The molecular formula is C13H10N2O4. The Hall–Kier alpha value is -2.76. The first kappa shape index (κ1) is 11.3. The summed E-state index contributed by atoms with van der Waals surface area (Å²) in [5, 5.41) is 3.79. The summed E-state index contributed by atoms with van der Waals surface area (Å²) in [6.45, 7) is 0.178. The number of hydrogen-bond donors (Lipinski definition) is 1. The Bertz CT molecular complexity index is 620. The second kappa shape index (κ2) is 4.85. The van der Waals surface area contributed by atoms with E-state index in [0.29, 0.717) is 22.8 Å². The molecule has 0 aliphatic carbocycles. The summed E-state index contributed by atoms with van der Waals surface area (Å²) < 4.78 is 15.4. The van der Waals surface area contributed by atoms with Gasteiger partial charge in [-0.25, -0.2) is 5.43 Å². The molecule has 96 valence electrons. The molecule has 6 heteroatoms. The Labute approximate surface area is 108 Å². The van der Waals surface area contributed by atoms with Crippen LogP contribution in [0.3, 0.4) is 0 Å². The van der Waals surface area contributed by atoms with Crippen molar-refractivity contribution in [1.29, 1.82) is 0 Å². The number of benzene rings is 1. The van der Waals surface area contributed by atoms with Crippen molar-refractivity contribution >= 4 is 12.1 Å². The fourth-order valence-electron chi connectivity index (χ4n) is 1.62. The van der Waals surface area contributed by atoms with Crippen LogP contribution in [0.1, 0.15) is 16.1 Å². The lowest BCUT2D eigenvalue weighted by Crippen LogP contribution is -2.17. The first-order valence-corrected chi connectivity index (χ1v) is 5.59. The highest BCUT2D eigenvalue weighted by molar-refractivity contribution is 5.95. The van der Waals surface area contributed by atoms with E-state index in [9.17, 15) is 4.79 Å². The van der Waals surface area contributed by atoms with E-state index in [1.165, 1.54) is 12.5 Å². The van der Waals surface area contributed by atoms with Gasteiger partial charge >= 0.3 is 0 Å². The third kappa shape index (κ3) is 2.42. The van der Waals surface area contributed by atoms with Crippen LogP contribution in [0.4, 0.5) is 0 Å². The average molecular weight is 258 g/mol. The Balaban J connectivity index is 1.67. The zero-order chi connectivity index (χ0) is 13.1. The minimum atomic E-state index is -0.332. The molecule has 0 saturated heterocycles. The van der Waals surface area contributed by atoms with Crippen molar-refractivity contribution in [1.82, 2.24) is 5.43 Å². The molecule has 6 nitrogen and oxygen atoms in total. The van der Waals surface area contributed by atoms with Crippen LogP contribution in [0.15, 0.2) is 46.1 Å². The van der Waals surface area contributed by atoms with E-state index >= 15 is 0 Å². The van der Waals surface area contributed by atoms with Gasteiger partial charge in [0.05, 0.1) is 12.5 Å². The number of carbonyl (C=O) groups excluding carboxylic acids is 1. The van der Waals surface area contributed by atoms with Crippen molar-refractivity contribution in [3.8, 4) is 11.5 Å². The summed E-state index contributed by atoms with van der Waals surface area (Å²) in [6, 6.07) is 8.41. The van der Waals surface area contributed by atoms with Gasteiger partial charge in [0.15, 0.2) is 11.5 Å². The van der Waals surface area contributed by atoms with Gasteiger partial charge in [0.2, 0.25) is 6.79 Å². The molecule has 2 aromatic rings. The molecule has 0 saturated carbocycles. The van der Waals surface area contributed by atoms with Gasteiger partial charge in [-0.2, -0.15) is 5.10 Å². The van der Waals surface area contributed by atoms with Gasteiger partial charge in [-0.3, -0.25) is 4.79 Å². The maximum Gasteiger partial charge on any atom is 0.271 e. The van der Waals surface area contributed by atoms with Crippen LogP contribution >= 0.6 is 0 Å². The Morgan fingerprint density at radius 2 is 2.16 bits per heavy atom. The number of furan rings is 1. The zero-order valence-corrected chi connectivity index (χ0v) is 9.83. The van der Waals surface area contributed by atoms with E-state index in [4.69, 9.17) is 13.9 Å². The summed E-state index contributed by atoms with van der Waals surface area (Å²) >= 11 is 0. The predicted octanol–water partition coefficient (Wildman–Crippen LogP) is 1.77. The second-order valence-electron chi connectivity index (χ2n) is 3.78. The van der Waals surface area contributed by atoms with Crippen LogP contribution in [0.2, 0.25) is 0 Å². The summed E-state index contributed by atoms with van der Waals surface area (Å²) in [7, 11) is 0. The number of fused-ring (bicyclic) bond motifs is 1. The van der Waals surface area contributed by atoms with Crippen LogP contribution in [0.5, 0.6) is 11.5 Å². The topological polar surface area (TPSA) is 73.1 Å². The highest BCUT2D eigenvalue weighted by Gasteiger charge is 2.15. The Kier molecular flexibility index (Phi) is 2.89. The fourth-order valence-corrected chi connectivity index (χ4v) is 1.62. The second-order valence-corrected chi connectivity index (χ2v) is 3.78. The van der Waals surface area contributed by atoms with Gasteiger partial charge in [0, 0.05) is 5.56 Å². The van der Waals surface area contributed by atoms with Gasteiger partial charge < -0.3 is 13.9 Å². The van der Waals surface area contributed by atoms with Crippen LogP contribution in [-0.4, -0.2) is 18.9 Å². The van der Waals surface area contributed by atoms with Crippen molar-refractivity contribution in [3.63, 3.8) is 0 Å². The predicted molar refractivity (Wildman–Crippen MR) is 66.3 cm³/mol. The molecule has 0 radical (unpaired) electrons. The summed E-state index contributed by atoms with van der Waals surface area (Å²) in [4.78, 5) is 11.8. The monoisotopic (exact) mass is 258 g/mol. The molecule has 1 aliphatic rings. The lowest BCUT2D eigenvalue weighted by atomic mass is 10.2. The van der Waals surface area contributed by atoms with Gasteiger partial charge in [0.1, 0.15) is 5.76 Å². The smallest absolute Gasteiger partial charge is 0.271 e. The van der Waals surface area contributed by atoms with Crippen molar-refractivity contribution < 1.29 is 18.7 Å². The van der Waals surface area contributed by atoms with Crippen molar-refractivity contribution in [2.45, 2.75) is 0 Å². The van der Waals surface area contributed by atoms with Crippen LogP contribution in [-0.2, 0) is 0 Å². The minimum absolute atomic E-state index is 0.178. The molecule has 3 rings (SSSR count). The molecule has 0 fully saturated rings. The average Bonchev–Trinajstić information content (AvgIpc) is 3.08. The standard InChI is InChI=1S/C13H10N2O4/c16-13(15-14-7-10-2-1-5-17-10)9-3-4-11-12(6-9)19-8-18-11/h1-7H,8H2,(H,15,16)/b14-7+.